The Kier molecular flexibility index (Phi) is 13.8. The number of aromatic nitrogens is 3. The Morgan fingerprint density at radius 2 is 0.753 bits per heavy atom. The number of pyridine rings is 3. The van der Waals surface area contributed by atoms with Crippen molar-refractivity contribution in [3.8, 4) is 78.3 Å². The second-order valence-electron chi connectivity index (χ2n) is 20.7. The molecule has 2 aliphatic rings. The first kappa shape index (κ1) is 47.2. The highest BCUT2D eigenvalue weighted by atomic mass is 19.1. The summed E-state index contributed by atoms with van der Waals surface area (Å²) in [4.78, 5) is 14.9. The Hall–Kier alpha value is -8.22. The summed E-state index contributed by atoms with van der Waals surface area (Å²) in [7, 11) is 0. The Morgan fingerprint density at radius 1 is 0.338 bits per heavy atom. The summed E-state index contributed by atoms with van der Waals surface area (Å²) in [5.74, 6) is -2.48. The summed E-state index contributed by atoms with van der Waals surface area (Å²) < 4.78 is 63.8. The van der Waals surface area contributed by atoms with E-state index in [2.05, 4.69) is 84.9 Å². The lowest BCUT2D eigenvalue weighted by atomic mass is 9.86. The van der Waals surface area contributed by atoms with Crippen LogP contribution in [0.4, 0.5) is 13.2 Å². The highest BCUT2D eigenvalue weighted by Crippen LogP contribution is 2.43. The van der Waals surface area contributed by atoms with Crippen LogP contribution in [0.3, 0.4) is 0 Å². The molecule has 12 rings (SSSR count). The second-order valence-corrected chi connectivity index (χ2v) is 20.7. The number of aryl methyl sites for hydroxylation is 4. The van der Waals surface area contributed by atoms with E-state index in [1.807, 2.05) is 61.1 Å². The Morgan fingerprint density at radius 3 is 1.29 bits per heavy atom. The van der Waals surface area contributed by atoms with Gasteiger partial charge < -0.3 is 0 Å². The van der Waals surface area contributed by atoms with E-state index in [0.717, 1.165) is 163 Å². The Balaban J connectivity index is 0.963. The maximum atomic E-state index is 16.1. The van der Waals surface area contributed by atoms with Crippen LogP contribution in [-0.4, -0.2) is 15.0 Å². The van der Waals surface area contributed by atoms with E-state index >= 15 is 4.39 Å². The van der Waals surface area contributed by atoms with Crippen molar-refractivity contribution in [1.29, 1.82) is 0 Å². The highest BCUT2D eigenvalue weighted by molar-refractivity contribution is 5.93. The van der Waals surface area contributed by atoms with Gasteiger partial charge in [0, 0.05) is 43.6 Å². The van der Waals surface area contributed by atoms with Crippen molar-refractivity contribution in [2.24, 2.45) is 0 Å². The molecule has 0 spiro atoms. The van der Waals surface area contributed by atoms with Gasteiger partial charge in [0.25, 0.3) is 0 Å². The van der Waals surface area contributed by atoms with E-state index < -0.39 is 11.8 Å². The van der Waals surface area contributed by atoms with Gasteiger partial charge in [-0.25, -0.2) is 13.2 Å². The zero-order valence-corrected chi connectivity index (χ0v) is 43.1. The number of benzene rings is 7. The maximum Gasteiger partial charge on any atom is 0.123 e. The normalized spacial score (nSPS) is 15.1. The second kappa shape index (κ2) is 22.5. The molecule has 0 saturated heterocycles. The molecule has 0 aliphatic heterocycles. The third-order valence-corrected chi connectivity index (χ3v) is 15.7. The molecule has 2 fully saturated rings. The molecule has 0 amide bonds. The molecular formula is C71H60F3N3. The molecule has 0 bridgehead atoms. The number of rotatable bonds is 15. The van der Waals surface area contributed by atoms with Crippen LogP contribution in [0.15, 0.2) is 207 Å². The van der Waals surface area contributed by atoms with Crippen LogP contribution >= 0.6 is 0 Å². The molecule has 3 nitrogen and oxygen atoms in total. The number of nitrogens with zero attached hydrogens (tertiary/aromatic N) is 3. The van der Waals surface area contributed by atoms with Crippen molar-refractivity contribution in [3.05, 3.63) is 257 Å². The van der Waals surface area contributed by atoms with Crippen molar-refractivity contribution in [3.63, 3.8) is 0 Å². The van der Waals surface area contributed by atoms with Crippen LogP contribution in [0.25, 0.3) is 78.3 Å². The van der Waals surface area contributed by atoms with Gasteiger partial charge in [-0.2, -0.15) is 0 Å². The van der Waals surface area contributed by atoms with Crippen molar-refractivity contribution < 1.29 is 15.9 Å². The lowest BCUT2D eigenvalue weighted by molar-refractivity contribution is 0.627. The molecule has 77 heavy (non-hydrogen) atoms. The quantitative estimate of drug-likeness (QED) is 0.103. The smallest absolute Gasteiger partial charge is 0.123 e. The first-order valence-electron chi connectivity index (χ1n) is 28.2. The monoisotopic (exact) mass is 1010 g/mol. The summed E-state index contributed by atoms with van der Waals surface area (Å²) in [6, 6.07) is 59.8. The Labute approximate surface area is 453 Å². The molecule has 3 heterocycles. The SMILES string of the molecule is [2H]C1(c2cc(-c3ccc(F)cc3)ncc2CCc2cc(CCc3cnc(-c4ccc(F)cc4)cc3C3([2H])CCCC3)cc(-c3cc(F)ccc3-c3cnc(-c4ccccc4)cc3-c3ccc(-c4ccccc4)cc3)c2)CCCC1. The van der Waals surface area contributed by atoms with Gasteiger partial charge in [0.1, 0.15) is 17.5 Å². The summed E-state index contributed by atoms with van der Waals surface area (Å²) in [5.41, 5.74) is 18.5. The summed E-state index contributed by atoms with van der Waals surface area (Å²) >= 11 is 0. The van der Waals surface area contributed by atoms with Crippen molar-refractivity contribution >= 4 is 0 Å². The third kappa shape index (κ3) is 11.2. The van der Waals surface area contributed by atoms with E-state index in [0.29, 0.717) is 25.7 Å². The molecule has 380 valence electrons. The van der Waals surface area contributed by atoms with E-state index in [1.165, 1.54) is 30.3 Å². The molecule has 0 radical (unpaired) electrons. The van der Waals surface area contributed by atoms with Gasteiger partial charge >= 0.3 is 0 Å². The standard InChI is InChI=1S/C71H60F3N3/c72-60-31-27-55(28-32-60)69-41-64(51-13-7-8-14-51)57(44-75-69)21-19-47-37-48(20-22-58-45-76-70(56-29-33-61(73)34-30-56)42-65(58)52-15-9-10-16-52)39-59(38-47)66-40-62(74)35-36-63(66)68-46-77-71(54-17-5-2-6-18-54)43-67(68)53-25-23-50(24-26-53)49-11-3-1-4-12-49/h1-6,11-12,17-18,23-46,51-52H,7-10,13-16,19-22H2/i51D,52D. The first-order chi connectivity index (χ1) is 38.5. The minimum atomic E-state index is -0.757. The maximum absolute atomic E-state index is 16.1. The summed E-state index contributed by atoms with van der Waals surface area (Å²) in [6.45, 7) is 0. The van der Waals surface area contributed by atoms with Crippen LogP contribution < -0.4 is 0 Å². The fraction of sp³-hybridized carbons (Fsp3) is 0.197. The van der Waals surface area contributed by atoms with E-state index in [9.17, 15) is 11.5 Å². The molecular weight excluding hydrogens is 952 g/mol. The number of hydrogen-bond donors (Lipinski definition) is 0. The highest BCUT2D eigenvalue weighted by Gasteiger charge is 2.24. The molecule has 0 atom stereocenters. The van der Waals surface area contributed by atoms with Crippen molar-refractivity contribution in [2.45, 2.75) is 88.8 Å². The first-order valence-corrected chi connectivity index (χ1v) is 27.2. The van der Waals surface area contributed by atoms with Crippen LogP contribution in [0, 0.1) is 17.5 Å². The van der Waals surface area contributed by atoms with Crippen LogP contribution in [0.1, 0.15) is 99.3 Å². The largest absolute Gasteiger partial charge is 0.256 e. The molecule has 10 aromatic rings. The zero-order chi connectivity index (χ0) is 53.9. The fourth-order valence-electron chi connectivity index (χ4n) is 11.6. The predicted octanol–water partition coefficient (Wildman–Crippen LogP) is 18.8. The minimum Gasteiger partial charge on any atom is -0.256 e. The van der Waals surface area contributed by atoms with E-state index in [1.54, 1.807) is 30.3 Å². The topological polar surface area (TPSA) is 38.7 Å². The summed E-state index contributed by atoms with van der Waals surface area (Å²) in [5, 5.41) is 0. The van der Waals surface area contributed by atoms with Gasteiger partial charge in [-0.05, 0) is 214 Å². The molecule has 0 N–H and O–H groups in total. The minimum absolute atomic E-state index is 0.307. The molecule has 2 aliphatic carbocycles. The molecule has 0 unspecified atom stereocenters. The zero-order valence-electron chi connectivity index (χ0n) is 45.1. The average molecular weight is 1010 g/mol. The van der Waals surface area contributed by atoms with Gasteiger partial charge in [0.15, 0.2) is 0 Å². The van der Waals surface area contributed by atoms with Crippen molar-refractivity contribution in [1.82, 2.24) is 15.0 Å². The lowest BCUT2D eigenvalue weighted by Crippen LogP contribution is -2.05. The summed E-state index contributed by atoms with van der Waals surface area (Å²) in [6.07, 6.45) is 15.3. The van der Waals surface area contributed by atoms with Crippen LogP contribution in [0.2, 0.25) is 0 Å². The van der Waals surface area contributed by atoms with Crippen LogP contribution in [0.5, 0.6) is 0 Å². The van der Waals surface area contributed by atoms with Gasteiger partial charge in [-0.15, -0.1) is 0 Å². The van der Waals surface area contributed by atoms with E-state index in [4.69, 9.17) is 15.0 Å². The molecule has 3 aromatic heterocycles. The molecule has 6 heteroatoms. The van der Waals surface area contributed by atoms with Gasteiger partial charge in [-0.3, -0.25) is 15.0 Å². The van der Waals surface area contributed by atoms with E-state index in [-0.39, 0.29) is 17.5 Å². The predicted molar refractivity (Wildman–Crippen MR) is 308 cm³/mol. The number of hydrogen-bond acceptors (Lipinski definition) is 3. The third-order valence-electron chi connectivity index (χ3n) is 15.7. The van der Waals surface area contributed by atoms with Crippen LogP contribution in [-0.2, 0) is 25.7 Å². The molecule has 7 aromatic carbocycles. The molecule has 2 saturated carbocycles. The van der Waals surface area contributed by atoms with Gasteiger partial charge in [-0.1, -0.05) is 135 Å². The van der Waals surface area contributed by atoms with Gasteiger partial charge in [0.2, 0.25) is 0 Å². The Bertz CT molecular complexity index is 3640. The fourth-order valence-corrected chi connectivity index (χ4v) is 11.6. The number of halogens is 3. The lowest BCUT2D eigenvalue weighted by Gasteiger charge is -2.19. The average Bonchev–Trinajstić information content (AvgIpc) is 4.17. The van der Waals surface area contributed by atoms with Gasteiger partial charge in [0.05, 0.1) is 17.1 Å². The van der Waals surface area contributed by atoms with Crippen molar-refractivity contribution in [2.75, 3.05) is 0 Å².